The van der Waals surface area contributed by atoms with Gasteiger partial charge in [0.15, 0.2) is 11.6 Å². The Morgan fingerprint density at radius 3 is 2.47 bits per heavy atom. The van der Waals surface area contributed by atoms with Crippen LogP contribution in [0, 0.1) is 11.6 Å². The van der Waals surface area contributed by atoms with Crippen molar-refractivity contribution in [3.05, 3.63) is 54.6 Å². The Morgan fingerprint density at radius 2 is 1.88 bits per heavy atom. The maximum Gasteiger partial charge on any atom is 0.163 e. The predicted molar refractivity (Wildman–Crippen MR) is 72.1 cm³/mol. The molecular weight excluding hydrogens is 376 g/mol. The van der Waals surface area contributed by atoms with Crippen LogP contribution in [-0.2, 0) is 0 Å². The van der Waals surface area contributed by atoms with Crippen molar-refractivity contribution in [2.24, 2.45) is 5.73 Å². The van der Waals surface area contributed by atoms with Gasteiger partial charge in [-0.05, 0) is 49.6 Å². The molecule has 1 atom stereocenters. The van der Waals surface area contributed by atoms with E-state index in [-0.39, 0.29) is 5.56 Å². The first kappa shape index (κ1) is 13.1. The maximum absolute atomic E-state index is 13.6. The average Bonchev–Trinajstić information content (AvgIpc) is 2.61. The van der Waals surface area contributed by atoms with Gasteiger partial charge < -0.3 is 5.73 Å². The Hall–Kier alpha value is -0.300. The Bertz CT molecular complexity index is 556. The zero-order valence-corrected chi connectivity index (χ0v) is 12.4. The summed E-state index contributed by atoms with van der Waals surface area (Å²) in [6.45, 7) is 0. The highest BCUT2D eigenvalue weighted by molar-refractivity contribution is 9.12. The van der Waals surface area contributed by atoms with Crippen molar-refractivity contribution in [1.29, 1.82) is 0 Å². The molecule has 6 heteroatoms. The van der Waals surface area contributed by atoms with Crippen LogP contribution in [0.4, 0.5) is 8.78 Å². The van der Waals surface area contributed by atoms with E-state index in [9.17, 15) is 8.78 Å². The van der Waals surface area contributed by atoms with Crippen LogP contribution in [0.1, 0.15) is 17.2 Å². The first-order valence-electron chi connectivity index (χ1n) is 4.65. The summed E-state index contributed by atoms with van der Waals surface area (Å²) in [7, 11) is 0. The molecule has 90 valence electrons. The third-order valence-electron chi connectivity index (χ3n) is 2.33. The minimum absolute atomic E-state index is 0.149. The molecule has 0 amide bonds. The molecule has 1 nitrogen and oxygen atoms in total. The molecule has 1 aromatic carbocycles. The lowest BCUT2D eigenvalue weighted by Crippen LogP contribution is -2.14. The van der Waals surface area contributed by atoms with Crippen molar-refractivity contribution in [2.45, 2.75) is 6.04 Å². The molecule has 2 aromatic rings. The van der Waals surface area contributed by atoms with Gasteiger partial charge in [0.2, 0.25) is 0 Å². The molecule has 0 aliphatic heterocycles. The van der Waals surface area contributed by atoms with Gasteiger partial charge in [-0.3, -0.25) is 0 Å². The number of halogens is 4. The van der Waals surface area contributed by atoms with Crippen molar-refractivity contribution in [2.75, 3.05) is 0 Å². The summed E-state index contributed by atoms with van der Waals surface area (Å²) in [4.78, 5) is 0. The average molecular weight is 383 g/mol. The summed E-state index contributed by atoms with van der Waals surface area (Å²) < 4.78 is 28.4. The molecule has 2 N–H and O–H groups in total. The lowest BCUT2D eigenvalue weighted by atomic mass is 10.0. The maximum atomic E-state index is 13.6. The van der Waals surface area contributed by atoms with Gasteiger partial charge in [0.25, 0.3) is 0 Å². The highest BCUT2D eigenvalue weighted by Crippen LogP contribution is 2.37. The van der Waals surface area contributed by atoms with Crippen molar-refractivity contribution >= 4 is 43.2 Å². The molecular formula is C11H7Br2F2NS. The van der Waals surface area contributed by atoms with Crippen molar-refractivity contribution in [3.8, 4) is 0 Å². The van der Waals surface area contributed by atoms with Crippen LogP contribution in [0.5, 0.6) is 0 Å². The lowest BCUT2D eigenvalue weighted by molar-refractivity contribution is 0.494. The van der Waals surface area contributed by atoms with Gasteiger partial charge in [-0.1, -0.05) is 12.1 Å². The monoisotopic (exact) mass is 381 g/mol. The minimum atomic E-state index is -0.894. The summed E-state index contributed by atoms with van der Waals surface area (Å²) in [5, 5.41) is 0. The molecule has 0 bridgehead atoms. The molecule has 1 aromatic heterocycles. The number of rotatable bonds is 2. The number of hydrogen-bond donors (Lipinski definition) is 1. The van der Waals surface area contributed by atoms with Crippen LogP contribution in [-0.4, -0.2) is 0 Å². The van der Waals surface area contributed by atoms with Crippen molar-refractivity contribution in [3.63, 3.8) is 0 Å². The van der Waals surface area contributed by atoms with E-state index in [1.807, 2.05) is 0 Å². The molecule has 0 spiro atoms. The van der Waals surface area contributed by atoms with Crippen LogP contribution in [0.25, 0.3) is 0 Å². The normalized spacial score (nSPS) is 12.8. The zero-order valence-electron chi connectivity index (χ0n) is 8.38. The van der Waals surface area contributed by atoms with Gasteiger partial charge in [0, 0.05) is 5.56 Å². The SMILES string of the molecule is NC(c1cc(Br)sc1Br)c1cccc(F)c1F. The predicted octanol–water partition coefficient (Wildman–Crippen LogP) is 4.60. The highest BCUT2D eigenvalue weighted by atomic mass is 79.9. The lowest BCUT2D eigenvalue weighted by Gasteiger charge is -2.12. The molecule has 17 heavy (non-hydrogen) atoms. The second-order valence-electron chi connectivity index (χ2n) is 3.40. The van der Waals surface area contributed by atoms with Crippen LogP contribution in [0.3, 0.4) is 0 Å². The molecule has 2 rings (SSSR count). The zero-order chi connectivity index (χ0) is 12.6. The second kappa shape index (κ2) is 5.14. The smallest absolute Gasteiger partial charge is 0.163 e. The van der Waals surface area contributed by atoms with E-state index in [1.54, 1.807) is 6.07 Å². The third kappa shape index (κ3) is 2.59. The van der Waals surface area contributed by atoms with Crippen molar-refractivity contribution in [1.82, 2.24) is 0 Å². The summed E-state index contributed by atoms with van der Waals surface area (Å²) in [5.74, 6) is -1.78. The first-order chi connectivity index (χ1) is 8.00. The van der Waals surface area contributed by atoms with Gasteiger partial charge in [0.1, 0.15) is 0 Å². The van der Waals surface area contributed by atoms with E-state index in [1.165, 1.54) is 23.5 Å². The van der Waals surface area contributed by atoms with E-state index >= 15 is 0 Å². The summed E-state index contributed by atoms with van der Waals surface area (Å²) in [6, 6.07) is 5.11. The quantitative estimate of drug-likeness (QED) is 0.806. The molecule has 0 saturated carbocycles. The molecule has 0 saturated heterocycles. The Labute approximate surface area is 118 Å². The molecule has 1 unspecified atom stereocenters. The Morgan fingerprint density at radius 1 is 1.18 bits per heavy atom. The van der Waals surface area contributed by atoms with E-state index in [0.717, 1.165) is 19.2 Å². The van der Waals surface area contributed by atoms with E-state index in [2.05, 4.69) is 31.9 Å². The number of thiophene rings is 1. The van der Waals surface area contributed by atoms with Gasteiger partial charge in [-0.25, -0.2) is 8.78 Å². The van der Waals surface area contributed by atoms with Gasteiger partial charge in [0.05, 0.1) is 13.6 Å². The molecule has 0 radical (unpaired) electrons. The van der Waals surface area contributed by atoms with Crippen LogP contribution in [0.2, 0.25) is 0 Å². The fourth-order valence-electron chi connectivity index (χ4n) is 1.49. The summed E-state index contributed by atoms with van der Waals surface area (Å²) in [5.41, 5.74) is 6.83. The fourth-order valence-corrected chi connectivity index (χ4v) is 4.42. The number of hydrogen-bond acceptors (Lipinski definition) is 2. The molecule has 1 heterocycles. The van der Waals surface area contributed by atoms with E-state index in [0.29, 0.717) is 0 Å². The summed E-state index contributed by atoms with van der Waals surface area (Å²) in [6.07, 6.45) is 0. The summed E-state index contributed by atoms with van der Waals surface area (Å²) >= 11 is 8.11. The molecule has 0 aliphatic rings. The Balaban J connectivity index is 2.47. The highest BCUT2D eigenvalue weighted by Gasteiger charge is 2.20. The fraction of sp³-hybridized carbons (Fsp3) is 0.0909. The largest absolute Gasteiger partial charge is 0.320 e. The number of nitrogens with two attached hydrogens (primary N) is 1. The second-order valence-corrected chi connectivity index (χ2v) is 7.15. The van der Waals surface area contributed by atoms with Crippen LogP contribution >= 0.6 is 43.2 Å². The van der Waals surface area contributed by atoms with Crippen molar-refractivity contribution < 1.29 is 8.78 Å². The molecule has 0 aliphatic carbocycles. The molecule has 0 fully saturated rings. The standard InChI is InChI=1S/C11H7Br2F2NS/c12-8-4-6(11(13)17-8)10(16)5-2-1-3-7(14)9(5)15/h1-4,10H,16H2. The van der Waals surface area contributed by atoms with E-state index in [4.69, 9.17) is 5.73 Å². The van der Waals surface area contributed by atoms with Crippen LogP contribution in [0.15, 0.2) is 31.8 Å². The minimum Gasteiger partial charge on any atom is -0.320 e. The van der Waals surface area contributed by atoms with Crippen LogP contribution < -0.4 is 5.73 Å². The number of benzene rings is 1. The van der Waals surface area contributed by atoms with Gasteiger partial charge in [-0.2, -0.15) is 0 Å². The first-order valence-corrected chi connectivity index (χ1v) is 7.05. The van der Waals surface area contributed by atoms with Gasteiger partial charge in [-0.15, -0.1) is 11.3 Å². The van der Waals surface area contributed by atoms with E-state index < -0.39 is 17.7 Å². The third-order valence-corrected chi connectivity index (χ3v) is 4.72. The topological polar surface area (TPSA) is 26.0 Å². The van der Waals surface area contributed by atoms with Gasteiger partial charge >= 0.3 is 0 Å². The Kier molecular flexibility index (Phi) is 3.97.